The summed E-state index contributed by atoms with van der Waals surface area (Å²) in [5.74, 6) is 0.154. The first kappa shape index (κ1) is 14.9. The van der Waals surface area contributed by atoms with E-state index in [1.807, 2.05) is 47.4 Å². The molecule has 1 atom stereocenters. The van der Waals surface area contributed by atoms with Crippen LogP contribution >= 0.6 is 0 Å². The zero-order chi connectivity index (χ0) is 16.7. The van der Waals surface area contributed by atoms with Gasteiger partial charge in [0.25, 0.3) is 0 Å². The molecule has 3 heteroatoms. The fraction of sp³-hybridized carbons (Fsp3) is 0.238. The van der Waals surface area contributed by atoms with E-state index in [1.54, 1.807) is 6.20 Å². The Morgan fingerprint density at radius 2 is 1.88 bits per heavy atom. The van der Waals surface area contributed by atoms with Gasteiger partial charge in [-0.3, -0.25) is 14.7 Å². The molecule has 0 radical (unpaired) electrons. The normalized spacial score (nSPS) is 20.2. The van der Waals surface area contributed by atoms with Crippen molar-refractivity contribution >= 4 is 28.2 Å². The van der Waals surface area contributed by atoms with Gasteiger partial charge in [-0.05, 0) is 36.6 Å². The Bertz CT molecular complexity index is 934. The van der Waals surface area contributed by atoms with E-state index in [4.69, 9.17) is 0 Å². The summed E-state index contributed by atoms with van der Waals surface area (Å²) in [6.45, 7) is 4.15. The summed E-state index contributed by atoms with van der Waals surface area (Å²) in [6, 6.07) is 18.2. The molecule has 0 saturated heterocycles. The number of nitrogens with zero attached hydrogens (tertiary/aromatic N) is 2. The average molecular weight is 316 g/mol. The van der Waals surface area contributed by atoms with Crippen molar-refractivity contribution in [3.05, 3.63) is 66.4 Å². The molecule has 1 aliphatic heterocycles. The van der Waals surface area contributed by atoms with Gasteiger partial charge in [-0.1, -0.05) is 50.2 Å². The Hall–Kier alpha value is -2.68. The van der Waals surface area contributed by atoms with Crippen LogP contribution in [-0.4, -0.2) is 10.9 Å². The Morgan fingerprint density at radius 3 is 2.71 bits per heavy atom. The molecule has 2 heterocycles. The molecule has 24 heavy (non-hydrogen) atoms. The number of pyridine rings is 1. The van der Waals surface area contributed by atoms with Crippen LogP contribution < -0.4 is 4.90 Å². The van der Waals surface area contributed by atoms with Crippen molar-refractivity contribution in [1.82, 2.24) is 4.98 Å². The molecule has 2 aromatic carbocycles. The molecule has 4 rings (SSSR count). The summed E-state index contributed by atoms with van der Waals surface area (Å²) in [4.78, 5) is 19.7. The zero-order valence-corrected chi connectivity index (χ0v) is 14.0. The van der Waals surface area contributed by atoms with Crippen LogP contribution in [-0.2, 0) is 11.2 Å². The second-order valence-corrected chi connectivity index (χ2v) is 6.75. The second-order valence-electron chi connectivity index (χ2n) is 6.75. The number of amides is 1. The van der Waals surface area contributed by atoms with Crippen LogP contribution in [0.5, 0.6) is 0 Å². The first-order valence-corrected chi connectivity index (χ1v) is 8.40. The molecule has 0 bridgehead atoms. The molecule has 120 valence electrons. The summed E-state index contributed by atoms with van der Waals surface area (Å²) >= 11 is 0. The maximum absolute atomic E-state index is 13.3. The highest BCUT2D eigenvalue weighted by molar-refractivity contribution is 6.07. The van der Waals surface area contributed by atoms with Gasteiger partial charge in [0, 0.05) is 5.39 Å². The van der Waals surface area contributed by atoms with E-state index in [2.05, 4.69) is 31.0 Å². The van der Waals surface area contributed by atoms with Crippen LogP contribution in [0.15, 0.2) is 60.8 Å². The third-order valence-electron chi connectivity index (χ3n) is 5.15. The smallest absolute Gasteiger partial charge is 0.237 e. The summed E-state index contributed by atoms with van der Waals surface area (Å²) < 4.78 is 0. The summed E-state index contributed by atoms with van der Waals surface area (Å²) in [7, 11) is 0. The molecule has 1 amide bonds. The van der Waals surface area contributed by atoms with E-state index in [9.17, 15) is 4.79 Å². The minimum Gasteiger partial charge on any atom is -0.279 e. The third-order valence-corrected chi connectivity index (χ3v) is 5.15. The molecule has 0 fully saturated rings. The van der Waals surface area contributed by atoms with Crippen molar-refractivity contribution in [2.45, 2.75) is 26.7 Å². The van der Waals surface area contributed by atoms with Gasteiger partial charge in [0.1, 0.15) is 0 Å². The van der Waals surface area contributed by atoms with Crippen molar-refractivity contribution in [2.24, 2.45) is 5.41 Å². The topological polar surface area (TPSA) is 33.2 Å². The van der Waals surface area contributed by atoms with Crippen molar-refractivity contribution in [2.75, 3.05) is 4.90 Å². The van der Waals surface area contributed by atoms with Crippen molar-refractivity contribution in [3.8, 4) is 0 Å². The predicted molar refractivity (Wildman–Crippen MR) is 97.4 cm³/mol. The number of anilines is 2. The van der Waals surface area contributed by atoms with Crippen LogP contribution in [0.25, 0.3) is 10.9 Å². The minimum atomic E-state index is -0.375. The van der Waals surface area contributed by atoms with Gasteiger partial charge in [-0.25, -0.2) is 0 Å². The Kier molecular flexibility index (Phi) is 3.38. The Balaban J connectivity index is 1.92. The van der Waals surface area contributed by atoms with Crippen molar-refractivity contribution in [1.29, 1.82) is 0 Å². The highest BCUT2D eigenvalue weighted by atomic mass is 16.2. The van der Waals surface area contributed by atoms with E-state index in [0.717, 1.165) is 35.1 Å². The molecule has 0 aliphatic carbocycles. The molecule has 3 aromatic rings. The SMILES string of the molecule is CCC1(C)Cc2ccccc2N(c2cnc3ccccc3c2)C1=O. The van der Waals surface area contributed by atoms with Crippen LogP contribution in [0.4, 0.5) is 11.4 Å². The molecule has 1 aromatic heterocycles. The Labute approximate surface area is 141 Å². The first-order valence-electron chi connectivity index (χ1n) is 8.40. The quantitative estimate of drug-likeness (QED) is 0.675. The zero-order valence-electron chi connectivity index (χ0n) is 14.0. The number of carbonyl (C=O) groups excluding carboxylic acids is 1. The van der Waals surface area contributed by atoms with Gasteiger partial charge >= 0.3 is 0 Å². The van der Waals surface area contributed by atoms with Crippen LogP contribution in [0.3, 0.4) is 0 Å². The number of rotatable bonds is 2. The molecule has 1 aliphatic rings. The van der Waals surface area contributed by atoms with Gasteiger partial charge in [-0.15, -0.1) is 0 Å². The largest absolute Gasteiger partial charge is 0.279 e. The number of benzene rings is 2. The standard InChI is InChI=1S/C21H20N2O/c1-3-21(2)13-16-9-5-7-11-19(16)23(20(21)24)17-12-15-8-4-6-10-18(15)22-14-17/h4-12,14H,3,13H2,1-2H3. The van der Waals surface area contributed by atoms with Crippen LogP contribution in [0, 0.1) is 5.41 Å². The Morgan fingerprint density at radius 1 is 1.12 bits per heavy atom. The molecule has 0 spiro atoms. The number of para-hydroxylation sites is 2. The number of hydrogen-bond donors (Lipinski definition) is 0. The highest BCUT2D eigenvalue weighted by Gasteiger charge is 2.41. The lowest BCUT2D eigenvalue weighted by Gasteiger charge is -2.40. The van der Waals surface area contributed by atoms with Gasteiger partial charge in [-0.2, -0.15) is 0 Å². The van der Waals surface area contributed by atoms with Gasteiger partial charge in [0.2, 0.25) is 5.91 Å². The number of hydrogen-bond acceptors (Lipinski definition) is 2. The van der Waals surface area contributed by atoms with Crippen LogP contribution in [0.2, 0.25) is 0 Å². The fourth-order valence-corrected chi connectivity index (χ4v) is 3.47. The summed E-state index contributed by atoms with van der Waals surface area (Å²) in [6.07, 6.45) is 3.41. The lowest BCUT2D eigenvalue weighted by molar-refractivity contribution is -0.127. The molecule has 0 saturated carbocycles. The molecular weight excluding hydrogens is 296 g/mol. The van der Waals surface area contributed by atoms with E-state index in [0.29, 0.717) is 0 Å². The first-order chi connectivity index (χ1) is 11.6. The van der Waals surface area contributed by atoms with Gasteiger partial charge in [0.15, 0.2) is 0 Å². The lowest BCUT2D eigenvalue weighted by Crippen LogP contribution is -2.45. The average Bonchev–Trinajstić information content (AvgIpc) is 2.62. The van der Waals surface area contributed by atoms with E-state index >= 15 is 0 Å². The molecule has 1 unspecified atom stereocenters. The highest BCUT2D eigenvalue weighted by Crippen LogP contribution is 2.43. The summed E-state index contributed by atoms with van der Waals surface area (Å²) in [5.41, 5.74) is 3.60. The van der Waals surface area contributed by atoms with E-state index in [-0.39, 0.29) is 11.3 Å². The van der Waals surface area contributed by atoms with Gasteiger partial charge in [0.05, 0.1) is 28.5 Å². The predicted octanol–water partition coefficient (Wildman–Crippen LogP) is 4.87. The van der Waals surface area contributed by atoms with Crippen LogP contribution in [0.1, 0.15) is 25.8 Å². The maximum Gasteiger partial charge on any atom is 0.237 e. The number of fused-ring (bicyclic) bond motifs is 2. The third kappa shape index (κ3) is 2.20. The summed E-state index contributed by atoms with van der Waals surface area (Å²) in [5, 5.41) is 1.05. The fourth-order valence-electron chi connectivity index (χ4n) is 3.47. The van der Waals surface area contributed by atoms with E-state index < -0.39 is 0 Å². The van der Waals surface area contributed by atoms with Crippen molar-refractivity contribution < 1.29 is 4.79 Å². The maximum atomic E-state index is 13.3. The minimum absolute atomic E-state index is 0.154. The molecule has 0 N–H and O–H groups in total. The number of aromatic nitrogens is 1. The van der Waals surface area contributed by atoms with Crippen molar-refractivity contribution in [3.63, 3.8) is 0 Å². The monoisotopic (exact) mass is 316 g/mol. The lowest BCUT2D eigenvalue weighted by atomic mass is 9.76. The second kappa shape index (κ2) is 5.45. The number of carbonyl (C=O) groups is 1. The molecular formula is C21H20N2O. The van der Waals surface area contributed by atoms with Gasteiger partial charge < -0.3 is 0 Å². The molecule has 3 nitrogen and oxygen atoms in total. The van der Waals surface area contributed by atoms with E-state index in [1.165, 1.54) is 5.56 Å².